The van der Waals surface area contributed by atoms with E-state index in [0.717, 1.165) is 12.3 Å². The van der Waals surface area contributed by atoms with Crippen molar-refractivity contribution in [2.75, 3.05) is 0 Å². The molecule has 3 nitrogen and oxygen atoms in total. The van der Waals surface area contributed by atoms with Gasteiger partial charge in [-0.15, -0.1) is 0 Å². The molecule has 1 aliphatic carbocycles. The van der Waals surface area contributed by atoms with Gasteiger partial charge in [0.2, 0.25) is 0 Å². The lowest BCUT2D eigenvalue weighted by atomic mass is 9.74. The summed E-state index contributed by atoms with van der Waals surface area (Å²) in [5.74, 6) is 1.36. The summed E-state index contributed by atoms with van der Waals surface area (Å²) in [5.41, 5.74) is 7.29. The van der Waals surface area contributed by atoms with E-state index in [1.54, 1.807) is 0 Å². The molecule has 0 aliphatic heterocycles. The second-order valence-corrected chi connectivity index (χ2v) is 4.81. The zero-order chi connectivity index (χ0) is 10.8. The lowest BCUT2D eigenvalue weighted by molar-refractivity contribution is 0.270. The Morgan fingerprint density at radius 2 is 2.33 bits per heavy atom. The van der Waals surface area contributed by atoms with Crippen molar-refractivity contribution >= 4 is 0 Å². The molecule has 0 saturated heterocycles. The second-order valence-electron chi connectivity index (χ2n) is 4.81. The summed E-state index contributed by atoms with van der Waals surface area (Å²) < 4.78 is 2.03. The summed E-state index contributed by atoms with van der Waals surface area (Å²) in [6, 6.07) is 0.375. The number of aromatic nitrogens is 2. The molecular weight excluding hydrogens is 186 g/mol. The van der Waals surface area contributed by atoms with E-state index in [1.807, 2.05) is 17.9 Å². The number of rotatable bonds is 2. The van der Waals surface area contributed by atoms with E-state index in [0.29, 0.717) is 12.0 Å². The molecule has 3 unspecified atom stereocenters. The van der Waals surface area contributed by atoms with Crippen LogP contribution in [0.4, 0.5) is 0 Å². The highest BCUT2D eigenvalue weighted by atomic mass is 15.0. The summed E-state index contributed by atoms with van der Waals surface area (Å²) in [5, 5.41) is 0. The van der Waals surface area contributed by atoms with Gasteiger partial charge in [0, 0.05) is 25.2 Å². The van der Waals surface area contributed by atoms with Crippen LogP contribution in [0.5, 0.6) is 0 Å². The van der Waals surface area contributed by atoms with Crippen molar-refractivity contribution in [1.29, 1.82) is 0 Å². The molecule has 0 radical (unpaired) electrons. The van der Waals surface area contributed by atoms with Gasteiger partial charge in [-0.05, 0) is 25.2 Å². The predicted octanol–water partition coefficient (Wildman–Crippen LogP) is 2.04. The Hall–Kier alpha value is -0.830. The van der Waals surface area contributed by atoms with Gasteiger partial charge in [0.05, 0.1) is 12.0 Å². The van der Waals surface area contributed by atoms with Gasteiger partial charge < -0.3 is 10.3 Å². The van der Waals surface area contributed by atoms with Gasteiger partial charge in [0.15, 0.2) is 0 Å². The number of hydrogen-bond donors (Lipinski definition) is 1. The fourth-order valence-electron chi connectivity index (χ4n) is 2.74. The molecule has 3 atom stereocenters. The van der Waals surface area contributed by atoms with Crippen molar-refractivity contribution in [1.82, 2.24) is 9.55 Å². The van der Waals surface area contributed by atoms with Gasteiger partial charge in [-0.25, -0.2) is 4.98 Å². The molecule has 15 heavy (non-hydrogen) atoms. The number of hydrogen-bond acceptors (Lipinski definition) is 2. The Morgan fingerprint density at radius 1 is 1.53 bits per heavy atom. The summed E-state index contributed by atoms with van der Waals surface area (Å²) >= 11 is 0. The molecule has 2 N–H and O–H groups in total. The van der Waals surface area contributed by atoms with Crippen LogP contribution in [-0.2, 0) is 7.05 Å². The van der Waals surface area contributed by atoms with Crippen molar-refractivity contribution in [3.05, 3.63) is 18.2 Å². The van der Waals surface area contributed by atoms with Crippen LogP contribution in [0, 0.1) is 5.92 Å². The van der Waals surface area contributed by atoms with Crippen LogP contribution in [0.2, 0.25) is 0 Å². The first-order chi connectivity index (χ1) is 7.20. The van der Waals surface area contributed by atoms with Crippen LogP contribution in [0.3, 0.4) is 0 Å². The van der Waals surface area contributed by atoms with Crippen molar-refractivity contribution in [2.45, 2.75) is 44.6 Å². The molecule has 1 aromatic heterocycles. The SMILES string of the molecule is CCC1CCC(N)CC1c1cn(C)cn1. The van der Waals surface area contributed by atoms with Gasteiger partial charge in [0.25, 0.3) is 0 Å². The maximum absolute atomic E-state index is 6.05. The minimum atomic E-state index is 0.375. The van der Waals surface area contributed by atoms with Crippen LogP contribution < -0.4 is 5.73 Å². The number of imidazole rings is 1. The Labute approximate surface area is 91.7 Å². The molecule has 0 aromatic carbocycles. The fourth-order valence-corrected chi connectivity index (χ4v) is 2.74. The zero-order valence-electron chi connectivity index (χ0n) is 9.69. The van der Waals surface area contributed by atoms with Gasteiger partial charge in [0.1, 0.15) is 0 Å². The van der Waals surface area contributed by atoms with Crippen LogP contribution in [0.15, 0.2) is 12.5 Å². The average molecular weight is 207 g/mol. The third-order valence-corrected chi connectivity index (χ3v) is 3.66. The van der Waals surface area contributed by atoms with Gasteiger partial charge >= 0.3 is 0 Å². The normalized spacial score (nSPS) is 31.8. The van der Waals surface area contributed by atoms with Crippen molar-refractivity contribution < 1.29 is 0 Å². The fraction of sp³-hybridized carbons (Fsp3) is 0.750. The van der Waals surface area contributed by atoms with Gasteiger partial charge in [-0.3, -0.25) is 0 Å². The Bertz CT molecular complexity index is 318. The molecular formula is C12H21N3. The van der Waals surface area contributed by atoms with E-state index < -0.39 is 0 Å². The maximum Gasteiger partial charge on any atom is 0.0946 e. The average Bonchev–Trinajstić information content (AvgIpc) is 2.65. The molecule has 1 fully saturated rings. The highest BCUT2D eigenvalue weighted by Gasteiger charge is 2.30. The molecule has 1 saturated carbocycles. The smallest absolute Gasteiger partial charge is 0.0946 e. The summed E-state index contributed by atoms with van der Waals surface area (Å²) in [6.07, 6.45) is 8.83. The van der Waals surface area contributed by atoms with Crippen LogP contribution in [-0.4, -0.2) is 15.6 Å². The first kappa shape index (κ1) is 10.7. The van der Waals surface area contributed by atoms with Crippen LogP contribution in [0.1, 0.15) is 44.2 Å². The molecule has 84 valence electrons. The second kappa shape index (κ2) is 4.35. The summed E-state index contributed by atoms with van der Waals surface area (Å²) in [7, 11) is 2.03. The maximum atomic E-state index is 6.05. The van der Waals surface area contributed by atoms with Gasteiger partial charge in [-0.1, -0.05) is 13.3 Å². The zero-order valence-corrected chi connectivity index (χ0v) is 9.69. The van der Waals surface area contributed by atoms with E-state index in [1.165, 1.54) is 25.0 Å². The minimum absolute atomic E-state index is 0.375. The molecule has 0 bridgehead atoms. The lowest BCUT2D eigenvalue weighted by Gasteiger charge is -2.33. The lowest BCUT2D eigenvalue weighted by Crippen LogP contribution is -2.32. The Kier molecular flexibility index (Phi) is 3.10. The summed E-state index contributed by atoms with van der Waals surface area (Å²) in [6.45, 7) is 2.28. The third kappa shape index (κ3) is 2.23. The highest BCUT2D eigenvalue weighted by Crippen LogP contribution is 2.38. The topological polar surface area (TPSA) is 43.8 Å². The first-order valence-corrected chi connectivity index (χ1v) is 5.94. The van der Waals surface area contributed by atoms with E-state index in [2.05, 4.69) is 18.1 Å². The standard InChI is InChI=1S/C12H21N3/c1-3-9-4-5-10(13)6-11(9)12-7-15(2)8-14-12/h7-11H,3-6,13H2,1-2H3. The first-order valence-electron chi connectivity index (χ1n) is 5.94. The predicted molar refractivity (Wildman–Crippen MR) is 61.6 cm³/mol. The number of nitrogens with two attached hydrogens (primary N) is 1. The Balaban J connectivity index is 2.16. The molecule has 1 aliphatic rings. The third-order valence-electron chi connectivity index (χ3n) is 3.66. The highest BCUT2D eigenvalue weighted by molar-refractivity contribution is 5.09. The molecule has 1 heterocycles. The summed E-state index contributed by atoms with van der Waals surface area (Å²) in [4.78, 5) is 4.48. The molecule has 0 spiro atoms. The number of nitrogens with zero attached hydrogens (tertiary/aromatic N) is 2. The minimum Gasteiger partial charge on any atom is -0.340 e. The van der Waals surface area contributed by atoms with Crippen LogP contribution >= 0.6 is 0 Å². The quantitative estimate of drug-likeness (QED) is 0.806. The molecule has 1 aromatic rings. The van der Waals surface area contributed by atoms with E-state index in [-0.39, 0.29) is 0 Å². The monoisotopic (exact) mass is 207 g/mol. The molecule has 3 heteroatoms. The van der Waals surface area contributed by atoms with E-state index >= 15 is 0 Å². The molecule has 2 rings (SSSR count). The van der Waals surface area contributed by atoms with Crippen molar-refractivity contribution in [3.8, 4) is 0 Å². The van der Waals surface area contributed by atoms with E-state index in [4.69, 9.17) is 5.73 Å². The van der Waals surface area contributed by atoms with Crippen LogP contribution in [0.25, 0.3) is 0 Å². The van der Waals surface area contributed by atoms with Crippen molar-refractivity contribution in [3.63, 3.8) is 0 Å². The van der Waals surface area contributed by atoms with E-state index in [9.17, 15) is 0 Å². The largest absolute Gasteiger partial charge is 0.340 e. The molecule has 0 amide bonds. The Morgan fingerprint density at radius 3 is 2.93 bits per heavy atom. The van der Waals surface area contributed by atoms with Crippen molar-refractivity contribution in [2.24, 2.45) is 18.7 Å². The number of aryl methyl sites for hydroxylation is 1. The van der Waals surface area contributed by atoms with Gasteiger partial charge in [-0.2, -0.15) is 0 Å².